The maximum absolute atomic E-state index is 13.1. The lowest BCUT2D eigenvalue weighted by molar-refractivity contribution is -0.148. The van der Waals surface area contributed by atoms with Gasteiger partial charge in [0.25, 0.3) is 5.89 Å². The number of carboxylic acids is 1. The Morgan fingerprint density at radius 1 is 1.02 bits per heavy atom. The summed E-state index contributed by atoms with van der Waals surface area (Å²) >= 11 is 0. The van der Waals surface area contributed by atoms with E-state index in [0.717, 1.165) is 28.7 Å². The summed E-state index contributed by atoms with van der Waals surface area (Å²) in [6.07, 6.45) is 1.70. The quantitative estimate of drug-likeness (QED) is 0.175. The number of carbonyl (C=O) groups is 2. The third-order valence-electron chi connectivity index (χ3n) is 6.70. The largest absolute Gasteiger partial charge is 0.479 e. The SMILES string of the molecule is CCCc1nc(C(=O)NC(Cc2ccccc2)C(O)C(=O)O)oc1Cc1ccc(-c2ccccc2-c2nn[nH]n2)cn1. The van der Waals surface area contributed by atoms with Crippen LogP contribution in [0.5, 0.6) is 0 Å². The maximum atomic E-state index is 13.1. The molecule has 0 spiro atoms. The number of carboxylic acid groups (broad SMARTS) is 1. The molecule has 0 saturated heterocycles. The lowest BCUT2D eigenvalue weighted by Crippen LogP contribution is -2.48. The van der Waals surface area contributed by atoms with E-state index in [4.69, 9.17) is 4.42 Å². The summed E-state index contributed by atoms with van der Waals surface area (Å²) in [6.45, 7) is 1.99. The second kappa shape index (κ2) is 13.0. The Bertz CT molecular complexity index is 1640. The summed E-state index contributed by atoms with van der Waals surface area (Å²) in [4.78, 5) is 33.7. The number of oxazole rings is 1. The first kappa shape index (κ1) is 28.3. The number of pyridine rings is 1. The second-order valence-electron chi connectivity index (χ2n) is 9.69. The monoisotopic (exact) mass is 567 g/mol. The van der Waals surface area contributed by atoms with Gasteiger partial charge in [0.15, 0.2) is 6.10 Å². The van der Waals surface area contributed by atoms with Crippen LogP contribution in [0, 0.1) is 0 Å². The van der Waals surface area contributed by atoms with Gasteiger partial charge in [0, 0.05) is 23.0 Å². The molecule has 0 aliphatic rings. The Balaban J connectivity index is 1.34. The summed E-state index contributed by atoms with van der Waals surface area (Å²) in [5.74, 6) is -1.37. The minimum Gasteiger partial charge on any atom is -0.479 e. The molecule has 4 N–H and O–H groups in total. The van der Waals surface area contributed by atoms with E-state index < -0.39 is 24.0 Å². The fraction of sp³-hybridized carbons (Fsp3) is 0.233. The van der Waals surface area contributed by atoms with Crippen molar-refractivity contribution in [3.05, 3.63) is 102 Å². The molecular weight excluding hydrogens is 538 g/mol. The first-order chi connectivity index (χ1) is 20.4. The van der Waals surface area contributed by atoms with Gasteiger partial charge in [-0.3, -0.25) is 9.78 Å². The van der Waals surface area contributed by atoms with Crippen LogP contribution in [-0.2, 0) is 24.1 Å². The number of aliphatic hydroxyl groups excluding tert-OH is 1. The van der Waals surface area contributed by atoms with E-state index in [0.29, 0.717) is 35.8 Å². The number of H-pyrrole nitrogens is 1. The van der Waals surface area contributed by atoms with Gasteiger partial charge in [-0.15, -0.1) is 10.2 Å². The fourth-order valence-corrected chi connectivity index (χ4v) is 4.62. The smallest absolute Gasteiger partial charge is 0.334 e. The Labute approximate surface area is 240 Å². The number of amides is 1. The van der Waals surface area contributed by atoms with Crippen molar-refractivity contribution in [2.45, 2.75) is 44.8 Å². The normalized spacial score (nSPS) is 12.5. The van der Waals surface area contributed by atoms with Gasteiger partial charge in [-0.1, -0.05) is 74.0 Å². The third-order valence-corrected chi connectivity index (χ3v) is 6.70. The number of carbonyl (C=O) groups excluding carboxylic acids is 1. The van der Waals surface area contributed by atoms with Crippen molar-refractivity contribution in [3.8, 4) is 22.5 Å². The van der Waals surface area contributed by atoms with E-state index in [1.807, 2.05) is 49.4 Å². The highest BCUT2D eigenvalue weighted by Gasteiger charge is 2.30. The van der Waals surface area contributed by atoms with E-state index in [9.17, 15) is 19.8 Å². The number of aryl methyl sites for hydroxylation is 1. The number of aromatic amines is 1. The van der Waals surface area contributed by atoms with Crippen molar-refractivity contribution in [3.63, 3.8) is 0 Å². The molecule has 0 aliphatic carbocycles. The predicted molar refractivity (Wildman–Crippen MR) is 151 cm³/mol. The Kier molecular flexibility index (Phi) is 8.73. The highest BCUT2D eigenvalue weighted by molar-refractivity contribution is 5.90. The van der Waals surface area contributed by atoms with Gasteiger partial charge in [0.05, 0.1) is 18.2 Å². The maximum Gasteiger partial charge on any atom is 0.334 e. The number of benzene rings is 2. The number of aliphatic hydroxyl groups is 1. The molecule has 2 unspecified atom stereocenters. The topological polar surface area (TPSA) is 180 Å². The van der Waals surface area contributed by atoms with Crippen LogP contribution in [0.2, 0.25) is 0 Å². The summed E-state index contributed by atoms with van der Waals surface area (Å²) in [6, 6.07) is 19.4. The molecule has 214 valence electrons. The minimum absolute atomic E-state index is 0.113. The second-order valence-corrected chi connectivity index (χ2v) is 9.69. The first-order valence-electron chi connectivity index (χ1n) is 13.4. The number of nitrogens with zero attached hydrogens (tertiary/aromatic N) is 5. The van der Waals surface area contributed by atoms with Gasteiger partial charge in [0.2, 0.25) is 5.82 Å². The Hall–Kier alpha value is -5.23. The van der Waals surface area contributed by atoms with Crippen LogP contribution in [0.15, 0.2) is 77.3 Å². The highest BCUT2D eigenvalue weighted by atomic mass is 16.4. The predicted octanol–water partition coefficient (Wildman–Crippen LogP) is 3.25. The zero-order valence-corrected chi connectivity index (χ0v) is 22.8. The van der Waals surface area contributed by atoms with Crippen molar-refractivity contribution in [2.75, 3.05) is 0 Å². The lowest BCUT2D eigenvalue weighted by atomic mass is 10.00. The van der Waals surface area contributed by atoms with Crippen LogP contribution in [-0.4, -0.2) is 64.8 Å². The standard InChI is InChI=1S/C30H29N7O5/c1-2-8-23-25(16-20-14-13-19(17-31-20)21-11-6-7-12-22(21)27-34-36-37-35-27)42-29(33-23)28(39)32-24(26(38)30(40)41)15-18-9-4-3-5-10-18/h3-7,9-14,17,24,26,38H,2,8,15-16H2,1H3,(H,32,39)(H,40,41)(H,34,35,36,37). The van der Waals surface area contributed by atoms with Gasteiger partial charge in [-0.2, -0.15) is 5.21 Å². The number of hydrogen-bond acceptors (Lipinski definition) is 9. The number of hydrogen-bond donors (Lipinski definition) is 4. The fourth-order valence-electron chi connectivity index (χ4n) is 4.62. The molecule has 2 atom stereocenters. The van der Waals surface area contributed by atoms with Crippen molar-refractivity contribution in [1.82, 2.24) is 35.9 Å². The van der Waals surface area contributed by atoms with Crippen LogP contribution in [0.25, 0.3) is 22.5 Å². The highest BCUT2D eigenvalue weighted by Crippen LogP contribution is 2.29. The number of nitrogens with one attached hydrogen (secondary N) is 2. The van der Waals surface area contributed by atoms with Crippen LogP contribution < -0.4 is 5.32 Å². The average molecular weight is 568 g/mol. The molecule has 3 aromatic heterocycles. The van der Waals surface area contributed by atoms with Gasteiger partial charge >= 0.3 is 11.9 Å². The Morgan fingerprint density at radius 3 is 2.45 bits per heavy atom. The molecule has 1 amide bonds. The lowest BCUT2D eigenvalue weighted by Gasteiger charge is -2.20. The molecule has 0 saturated carbocycles. The number of tetrazole rings is 1. The van der Waals surface area contributed by atoms with Gasteiger partial charge < -0.3 is 19.9 Å². The van der Waals surface area contributed by atoms with Crippen LogP contribution >= 0.6 is 0 Å². The third kappa shape index (κ3) is 6.56. The van der Waals surface area contributed by atoms with Crippen LogP contribution in [0.1, 0.15) is 46.7 Å². The van der Waals surface area contributed by atoms with E-state index in [2.05, 4.69) is 35.9 Å². The molecule has 0 bridgehead atoms. The van der Waals surface area contributed by atoms with Crippen molar-refractivity contribution in [2.24, 2.45) is 0 Å². The van der Waals surface area contributed by atoms with Gasteiger partial charge in [0.1, 0.15) is 5.76 Å². The molecule has 5 rings (SSSR count). The molecule has 3 heterocycles. The van der Waals surface area contributed by atoms with Crippen molar-refractivity contribution in [1.29, 1.82) is 0 Å². The van der Waals surface area contributed by atoms with Gasteiger partial charge in [-0.05, 0) is 35.2 Å². The first-order valence-corrected chi connectivity index (χ1v) is 13.4. The molecule has 0 aliphatic heterocycles. The molecule has 12 heteroatoms. The summed E-state index contributed by atoms with van der Waals surface area (Å²) < 4.78 is 5.89. The average Bonchev–Trinajstić information content (AvgIpc) is 3.68. The van der Waals surface area contributed by atoms with E-state index in [1.54, 1.807) is 30.5 Å². The zero-order chi connectivity index (χ0) is 29.5. The summed E-state index contributed by atoms with van der Waals surface area (Å²) in [7, 11) is 0. The molecule has 12 nitrogen and oxygen atoms in total. The molecule has 5 aromatic rings. The number of aromatic nitrogens is 6. The van der Waals surface area contributed by atoms with Crippen LogP contribution in [0.3, 0.4) is 0 Å². The molecule has 42 heavy (non-hydrogen) atoms. The van der Waals surface area contributed by atoms with Crippen molar-refractivity contribution < 1.29 is 24.2 Å². The zero-order valence-electron chi connectivity index (χ0n) is 22.8. The summed E-state index contributed by atoms with van der Waals surface area (Å²) in [5, 5.41) is 36.5. The van der Waals surface area contributed by atoms with Crippen LogP contribution in [0.4, 0.5) is 0 Å². The van der Waals surface area contributed by atoms with E-state index in [-0.39, 0.29) is 12.3 Å². The Morgan fingerprint density at radius 2 is 1.79 bits per heavy atom. The van der Waals surface area contributed by atoms with E-state index in [1.165, 1.54) is 0 Å². The minimum atomic E-state index is -1.81. The summed E-state index contributed by atoms with van der Waals surface area (Å²) in [5.41, 5.74) is 4.67. The number of rotatable bonds is 12. The van der Waals surface area contributed by atoms with Crippen molar-refractivity contribution >= 4 is 11.9 Å². The molecule has 0 fully saturated rings. The number of aliphatic carboxylic acids is 1. The molecule has 0 radical (unpaired) electrons. The van der Waals surface area contributed by atoms with E-state index >= 15 is 0 Å². The molecular formula is C30H29N7O5. The molecule has 2 aromatic carbocycles. The van der Waals surface area contributed by atoms with Gasteiger partial charge in [-0.25, -0.2) is 9.78 Å².